The van der Waals surface area contributed by atoms with Gasteiger partial charge in [-0.3, -0.25) is 14.5 Å². The number of piperidine rings is 1. The van der Waals surface area contributed by atoms with E-state index in [2.05, 4.69) is 5.32 Å². The van der Waals surface area contributed by atoms with Crippen molar-refractivity contribution in [2.24, 2.45) is 0 Å². The Morgan fingerprint density at radius 3 is 2.39 bits per heavy atom. The summed E-state index contributed by atoms with van der Waals surface area (Å²) in [5, 5.41) is 2.93. The Balaban J connectivity index is 1.52. The van der Waals surface area contributed by atoms with Crippen molar-refractivity contribution in [3.63, 3.8) is 0 Å². The zero-order valence-corrected chi connectivity index (χ0v) is 20.5. The third kappa shape index (κ3) is 4.95. The van der Waals surface area contributed by atoms with E-state index in [1.165, 1.54) is 16.1 Å². The fourth-order valence-corrected chi connectivity index (χ4v) is 6.47. The molecule has 0 aromatic heterocycles. The first-order valence-corrected chi connectivity index (χ1v) is 13.8. The van der Waals surface area contributed by atoms with Crippen LogP contribution in [0.5, 0.6) is 0 Å². The molecule has 4 rings (SSSR count). The summed E-state index contributed by atoms with van der Waals surface area (Å²) in [5.74, 6) is -0.499. The molecule has 176 valence electrons. The van der Waals surface area contributed by atoms with E-state index in [1.54, 1.807) is 30.0 Å². The average Bonchev–Trinajstić information content (AvgIpc) is 3.22. The van der Waals surface area contributed by atoms with Crippen LogP contribution in [0.2, 0.25) is 0 Å². The van der Waals surface area contributed by atoms with Gasteiger partial charge >= 0.3 is 0 Å². The number of rotatable bonds is 6. The quantitative estimate of drug-likeness (QED) is 0.633. The number of sulfonamides is 1. The molecule has 0 unspecified atom stereocenters. The lowest BCUT2D eigenvalue weighted by atomic mass is 10.1. The summed E-state index contributed by atoms with van der Waals surface area (Å²) < 4.78 is 27.7. The molecule has 2 aromatic carbocycles. The molecular weight excluding hydrogens is 458 g/mol. The minimum absolute atomic E-state index is 0.224. The molecule has 7 nitrogen and oxygen atoms in total. The van der Waals surface area contributed by atoms with Gasteiger partial charge in [-0.05, 0) is 60.6 Å². The van der Waals surface area contributed by atoms with Crippen molar-refractivity contribution in [1.82, 2.24) is 9.62 Å². The van der Waals surface area contributed by atoms with Gasteiger partial charge < -0.3 is 5.32 Å². The van der Waals surface area contributed by atoms with Crippen LogP contribution in [0.3, 0.4) is 0 Å². The molecule has 0 spiro atoms. The molecular formula is C24H29N3O4S2. The summed E-state index contributed by atoms with van der Waals surface area (Å²) in [4.78, 5) is 28.3. The second-order valence-electron chi connectivity index (χ2n) is 8.43. The fraction of sp³-hybridized carbons (Fsp3) is 0.417. The van der Waals surface area contributed by atoms with E-state index in [-0.39, 0.29) is 23.1 Å². The van der Waals surface area contributed by atoms with Crippen LogP contribution in [0.25, 0.3) is 0 Å². The van der Waals surface area contributed by atoms with Gasteiger partial charge in [0.15, 0.2) is 0 Å². The number of hydrogen-bond donors (Lipinski definition) is 1. The highest BCUT2D eigenvalue weighted by Crippen LogP contribution is 2.35. The molecule has 1 fully saturated rings. The number of amides is 2. The van der Waals surface area contributed by atoms with E-state index in [0.29, 0.717) is 30.9 Å². The minimum atomic E-state index is -3.58. The van der Waals surface area contributed by atoms with E-state index in [1.807, 2.05) is 30.5 Å². The monoisotopic (exact) mass is 487 g/mol. The summed E-state index contributed by atoms with van der Waals surface area (Å²) in [6, 6.07) is 12.1. The topological polar surface area (TPSA) is 86.8 Å². The molecule has 2 aromatic rings. The summed E-state index contributed by atoms with van der Waals surface area (Å²) >= 11 is 1.65. The largest absolute Gasteiger partial charge is 0.350 e. The number of hydrogen-bond acceptors (Lipinski definition) is 5. The van der Waals surface area contributed by atoms with E-state index in [4.69, 9.17) is 0 Å². The van der Waals surface area contributed by atoms with Crippen molar-refractivity contribution in [1.29, 1.82) is 0 Å². The van der Waals surface area contributed by atoms with Crippen molar-refractivity contribution in [2.75, 3.05) is 24.2 Å². The van der Waals surface area contributed by atoms with Crippen LogP contribution in [0.4, 0.5) is 5.69 Å². The molecule has 1 N–H and O–H groups in total. The summed E-state index contributed by atoms with van der Waals surface area (Å²) in [5.41, 5.74) is 2.28. The van der Waals surface area contributed by atoms with Gasteiger partial charge in [0.1, 0.15) is 6.04 Å². The molecule has 2 aliphatic rings. The second kappa shape index (κ2) is 9.87. The Kier molecular flexibility index (Phi) is 7.11. The lowest BCUT2D eigenvalue weighted by molar-refractivity contribution is -0.125. The van der Waals surface area contributed by atoms with Crippen molar-refractivity contribution < 1.29 is 18.0 Å². The summed E-state index contributed by atoms with van der Waals surface area (Å²) in [6.07, 6.45) is 5.07. The fourth-order valence-electron chi connectivity index (χ4n) is 4.49. The Bertz CT molecular complexity index is 1140. The SMILES string of the molecule is CSc1ccc(CNC(=O)[C@@H]2Cc3cc(S(=O)(=O)N4CCCCC4)ccc3N2C(C)=O)cc1. The van der Waals surface area contributed by atoms with E-state index in [9.17, 15) is 18.0 Å². The first-order chi connectivity index (χ1) is 15.8. The maximum absolute atomic E-state index is 13.1. The average molecular weight is 488 g/mol. The summed E-state index contributed by atoms with van der Waals surface area (Å²) in [7, 11) is -3.58. The lowest BCUT2D eigenvalue weighted by Crippen LogP contribution is -2.47. The van der Waals surface area contributed by atoms with Crippen LogP contribution in [0, 0.1) is 0 Å². The predicted molar refractivity (Wildman–Crippen MR) is 130 cm³/mol. The van der Waals surface area contributed by atoms with Crippen molar-refractivity contribution in [3.05, 3.63) is 53.6 Å². The Morgan fingerprint density at radius 1 is 1.06 bits per heavy atom. The van der Waals surface area contributed by atoms with Crippen molar-refractivity contribution in [3.8, 4) is 0 Å². The van der Waals surface area contributed by atoms with Crippen LogP contribution in [-0.4, -0.2) is 49.9 Å². The number of anilines is 1. The Hall–Kier alpha value is -2.36. The van der Waals surface area contributed by atoms with Gasteiger partial charge in [-0.15, -0.1) is 11.8 Å². The number of nitrogens with zero attached hydrogens (tertiary/aromatic N) is 2. The highest BCUT2D eigenvalue weighted by molar-refractivity contribution is 7.98. The molecule has 2 aliphatic heterocycles. The van der Waals surface area contributed by atoms with Crippen LogP contribution >= 0.6 is 11.8 Å². The van der Waals surface area contributed by atoms with Gasteiger partial charge in [-0.1, -0.05) is 18.6 Å². The first kappa shape index (κ1) is 23.8. The van der Waals surface area contributed by atoms with E-state index in [0.717, 1.165) is 29.7 Å². The van der Waals surface area contributed by atoms with Gasteiger partial charge in [0, 0.05) is 43.6 Å². The standard InChI is InChI=1S/C24H29N3O4S2/c1-17(28)27-22-11-10-21(33(30,31)26-12-4-3-5-13-26)14-19(22)15-23(27)24(29)25-16-18-6-8-20(32-2)9-7-18/h6-11,14,23H,3-5,12-13,15-16H2,1-2H3,(H,25,29)/t23-/m0/s1. The number of fused-ring (bicyclic) bond motifs is 1. The zero-order valence-electron chi connectivity index (χ0n) is 18.9. The summed E-state index contributed by atoms with van der Waals surface area (Å²) in [6.45, 7) is 2.85. The molecule has 2 heterocycles. The maximum atomic E-state index is 13.1. The van der Waals surface area contributed by atoms with Gasteiger partial charge in [-0.2, -0.15) is 4.31 Å². The third-order valence-corrected chi connectivity index (χ3v) is 8.89. The molecule has 1 saturated heterocycles. The maximum Gasteiger partial charge on any atom is 0.243 e. The van der Waals surface area contributed by atoms with Crippen molar-refractivity contribution in [2.45, 2.75) is 55.0 Å². The van der Waals surface area contributed by atoms with E-state index < -0.39 is 16.1 Å². The van der Waals surface area contributed by atoms with Gasteiger partial charge in [0.25, 0.3) is 0 Å². The van der Waals surface area contributed by atoms with Crippen LogP contribution in [-0.2, 0) is 32.6 Å². The van der Waals surface area contributed by atoms with Crippen LogP contribution in [0.15, 0.2) is 52.3 Å². The Morgan fingerprint density at radius 2 is 1.76 bits per heavy atom. The Labute approximate surface area is 199 Å². The van der Waals surface area contributed by atoms with E-state index >= 15 is 0 Å². The lowest BCUT2D eigenvalue weighted by Gasteiger charge is -2.26. The highest BCUT2D eigenvalue weighted by atomic mass is 32.2. The molecule has 0 bridgehead atoms. The molecule has 9 heteroatoms. The molecule has 0 radical (unpaired) electrons. The first-order valence-electron chi connectivity index (χ1n) is 11.1. The third-order valence-electron chi connectivity index (χ3n) is 6.26. The van der Waals surface area contributed by atoms with Gasteiger partial charge in [0.2, 0.25) is 21.8 Å². The number of carbonyl (C=O) groups excluding carboxylic acids is 2. The predicted octanol–water partition coefficient (Wildman–Crippen LogP) is 3.18. The molecule has 1 atom stereocenters. The molecule has 2 amide bonds. The molecule has 0 aliphatic carbocycles. The number of nitrogens with one attached hydrogen (secondary N) is 1. The van der Waals surface area contributed by atoms with Crippen LogP contribution in [0.1, 0.15) is 37.3 Å². The number of carbonyl (C=O) groups is 2. The zero-order chi connectivity index (χ0) is 23.6. The number of benzene rings is 2. The van der Waals surface area contributed by atoms with Gasteiger partial charge in [0.05, 0.1) is 4.90 Å². The smallest absolute Gasteiger partial charge is 0.243 e. The van der Waals surface area contributed by atoms with Crippen LogP contribution < -0.4 is 10.2 Å². The minimum Gasteiger partial charge on any atom is -0.350 e. The van der Waals surface area contributed by atoms with Gasteiger partial charge in [-0.25, -0.2) is 8.42 Å². The second-order valence-corrected chi connectivity index (χ2v) is 11.2. The number of thioether (sulfide) groups is 1. The van der Waals surface area contributed by atoms with Crippen molar-refractivity contribution >= 4 is 39.3 Å². The normalized spacial score (nSPS) is 18.7. The molecule has 0 saturated carbocycles. The highest BCUT2D eigenvalue weighted by Gasteiger charge is 2.38. The molecule has 33 heavy (non-hydrogen) atoms.